The molecular formula is C20H17FN2O. The molecule has 1 aromatic heterocycles. The van der Waals surface area contributed by atoms with Crippen LogP contribution in [0.25, 0.3) is 11.1 Å². The van der Waals surface area contributed by atoms with Gasteiger partial charge in [-0.25, -0.2) is 4.39 Å². The first-order chi connectivity index (χ1) is 11.6. The Morgan fingerprint density at radius 3 is 2.42 bits per heavy atom. The summed E-state index contributed by atoms with van der Waals surface area (Å²) >= 11 is 0. The zero-order chi connectivity index (χ0) is 16.9. The van der Waals surface area contributed by atoms with E-state index in [1.165, 1.54) is 6.07 Å². The predicted octanol–water partition coefficient (Wildman–Crippen LogP) is 4.38. The zero-order valence-electron chi connectivity index (χ0n) is 13.2. The van der Waals surface area contributed by atoms with Gasteiger partial charge in [-0.1, -0.05) is 36.4 Å². The number of benzene rings is 2. The van der Waals surface area contributed by atoms with Gasteiger partial charge in [-0.05, 0) is 42.3 Å². The molecule has 3 rings (SSSR count). The molecule has 0 bridgehead atoms. The first kappa shape index (κ1) is 15.9. The van der Waals surface area contributed by atoms with Crippen LogP contribution in [0.1, 0.15) is 28.9 Å². The second-order valence-electron chi connectivity index (χ2n) is 5.54. The number of carbonyl (C=O) groups excluding carboxylic acids is 1. The lowest BCUT2D eigenvalue weighted by molar-refractivity contribution is 0.0939. The number of halogens is 1. The van der Waals surface area contributed by atoms with Crippen molar-refractivity contribution >= 4 is 5.91 Å². The molecule has 0 aliphatic heterocycles. The highest BCUT2D eigenvalue weighted by molar-refractivity contribution is 5.95. The maximum Gasteiger partial charge on any atom is 0.251 e. The fourth-order valence-electron chi connectivity index (χ4n) is 2.53. The molecule has 0 aliphatic rings. The highest BCUT2D eigenvalue weighted by atomic mass is 19.1. The number of aromatic nitrogens is 1. The molecule has 24 heavy (non-hydrogen) atoms. The molecule has 0 unspecified atom stereocenters. The molecule has 0 spiro atoms. The van der Waals surface area contributed by atoms with Crippen molar-refractivity contribution in [2.45, 2.75) is 13.0 Å². The number of pyridine rings is 1. The Morgan fingerprint density at radius 1 is 1.04 bits per heavy atom. The summed E-state index contributed by atoms with van der Waals surface area (Å²) in [5, 5.41) is 2.88. The molecule has 3 aromatic rings. The summed E-state index contributed by atoms with van der Waals surface area (Å²) in [7, 11) is 0. The van der Waals surface area contributed by atoms with E-state index in [0.29, 0.717) is 11.1 Å². The van der Waals surface area contributed by atoms with Gasteiger partial charge in [-0.3, -0.25) is 9.78 Å². The topological polar surface area (TPSA) is 42.0 Å². The average molecular weight is 320 g/mol. The van der Waals surface area contributed by atoms with E-state index in [9.17, 15) is 9.18 Å². The molecule has 2 aromatic carbocycles. The molecule has 1 N–H and O–H groups in total. The normalized spacial score (nSPS) is 11.8. The van der Waals surface area contributed by atoms with Crippen molar-refractivity contribution in [2.24, 2.45) is 0 Å². The minimum atomic E-state index is -0.429. The molecular weight excluding hydrogens is 303 g/mol. The molecule has 3 nitrogen and oxygen atoms in total. The number of hydrogen-bond donors (Lipinski definition) is 1. The molecule has 120 valence electrons. The zero-order valence-corrected chi connectivity index (χ0v) is 13.2. The van der Waals surface area contributed by atoms with Crippen LogP contribution in [0.3, 0.4) is 0 Å². The number of nitrogens with zero attached hydrogens (tertiary/aromatic N) is 1. The minimum absolute atomic E-state index is 0.151. The second kappa shape index (κ2) is 7.04. The van der Waals surface area contributed by atoms with Crippen LogP contribution in [-0.4, -0.2) is 10.9 Å². The summed E-state index contributed by atoms with van der Waals surface area (Å²) in [6.07, 6.45) is 3.22. The summed E-state index contributed by atoms with van der Waals surface area (Å²) < 4.78 is 14.4. The first-order valence-electron chi connectivity index (χ1n) is 7.71. The SMILES string of the molecule is C[C@H](NC(=O)c1ccc(-c2ccncc2)c(F)c1)c1ccccc1. The summed E-state index contributed by atoms with van der Waals surface area (Å²) in [6, 6.07) is 17.5. The molecule has 0 aliphatic carbocycles. The molecule has 0 saturated heterocycles. The van der Waals surface area contributed by atoms with Crippen LogP contribution in [0.4, 0.5) is 4.39 Å². The Hall–Kier alpha value is -3.01. The van der Waals surface area contributed by atoms with Gasteiger partial charge < -0.3 is 5.32 Å². The van der Waals surface area contributed by atoms with Crippen LogP contribution in [-0.2, 0) is 0 Å². The third-order valence-electron chi connectivity index (χ3n) is 3.87. The van der Waals surface area contributed by atoms with Crippen molar-refractivity contribution in [3.63, 3.8) is 0 Å². The van der Waals surface area contributed by atoms with Gasteiger partial charge in [0.25, 0.3) is 5.91 Å². The molecule has 1 amide bonds. The van der Waals surface area contributed by atoms with E-state index in [2.05, 4.69) is 10.3 Å². The highest BCUT2D eigenvalue weighted by Gasteiger charge is 2.14. The number of amides is 1. The maximum absolute atomic E-state index is 14.4. The molecule has 1 atom stereocenters. The molecule has 0 saturated carbocycles. The van der Waals surface area contributed by atoms with Crippen molar-refractivity contribution in [2.75, 3.05) is 0 Å². The van der Waals surface area contributed by atoms with Gasteiger partial charge in [0.1, 0.15) is 5.82 Å². The van der Waals surface area contributed by atoms with Gasteiger partial charge >= 0.3 is 0 Å². The minimum Gasteiger partial charge on any atom is -0.346 e. The number of carbonyl (C=O) groups is 1. The van der Waals surface area contributed by atoms with Crippen LogP contribution in [0.15, 0.2) is 73.1 Å². The first-order valence-corrected chi connectivity index (χ1v) is 7.71. The lowest BCUT2D eigenvalue weighted by Crippen LogP contribution is -2.26. The van der Waals surface area contributed by atoms with E-state index in [1.54, 1.807) is 36.7 Å². The lowest BCUT2D eigenvalue weighted by atomic mass is 10.0. The summed E-state index contributed by atoms with van der Waals surface area (Å²) in [6.45, 7) is 1.90. The van der Waals surface area contributed by atoms with Crippen molar-refractivity contribution in [1.29, 1.82) is 0 Å². The van der Waals surface area contributed by atoms with Crippen LogP contribution in [0.5, 0.6) is 0 Å². The quantitative estimate of drug-likeness (QED) is 0.775. The largest absolute Gasteiger partial charge is 0.346 e. The Morgan fingerprint density at radius 2 is 1.75 bits per heavy atom. The lowest BCUT2D eigenvalue weighted by Gasteiger charge is -2.14. The van der Waals surface area contributed by atoms with Crippen molar-refractivity contribution in [3.05, 3.63) is 90.0 Å². The predicted molar refractivity (Wildman–Crippen MR) is 92.0 cm³/mol. The van der Waals surface area contributed by atoms with Crippen molar-refractivity contribution in [1.82, 2.24) is 10.3 Å². The Balaban J connectivity index is 1.78. The summed E-state index contributed by atoms with van der Waals surface area (Å²) in [5.41, 5.74) is 2.48. The van der Waals surface area contributed by atoms with Crippen LogP contribution in [0.2, 0.25) is 0 Å². The van der Waals surface area contributed by atoms with Crippen LogP contribution in [0, 0.1) is 5.82 Å². The third-order valence-corrected chi connectivity index (χ3v) is 3.87. The van der Waals surface area contributed by atoms with Gasteiger partial charge in [-0.15, -0.1) is 0 Å². The Kier molecular flexibility index (Phi) is 4.66. The van der Waals surface area contributed by atoms with Gasteiger partial charge in [0.15, 0.2) is 0 Å². The van der Waals surface area contributed by atoms with Gasteiger partial charge in [0.05, 0.1) is 6.04 Å². The summed E-state index contributed by atoms with van der Waals surface area (Å²) in [5.74, 6) is -0.729. The van der Waals surface area contributed by atoms with E-state index < -0.39 is 5.82 Å². The fourth-order valence-corrected chi connectivity index (χ4v) is 2.53. The molecule has 1 heterocycles. The smallest absolute Gasteiger partial charge is 0.251 e. The average Bonchev–Trinajstić information content (AvgIpc) is 2.63. The van der Waals surface area contributed by atoms with Crippen molar-refractivity contribution in [3.8, 4) is 11.1 Å². The van der Waals surface area contributed by atoms with Gasteiger partial charge in [-0.2, -0.15) is 0 Å². The Bertz CT molecular complexity index is 835. The van der Waals surface area contributed by atoms with Gasteiger partial charge in [0, 0.05) is 23.5 Å². The molecule has 0 fully saturated rings. The van der Waals surface area contributed by atoms with E-state index in [1.807, 2.05) is 37.3 Å². The van der Waals surface area contributed by atoms with Gasteiger partial charge in [0.2, 0.25) is 0 Å². The number of rotatable bonds is 4. The molecule has 4 heteroatoms. The Labute approximate surface area is 140 Å². The third kappa shape index (κ3) is 3.49. The maximum atomic E-state index is 14.4. The summed E-state index contributed by atoms with van der Waals surface area (Å²) in [4.78, 5) is 16.3. The van der Waals surface area contributed by atoms with E-state index >= 15 is 0 Å². The second-order valence-corrected chi connectivity index (χ2v) is 5.54. The van der Waals surface area contributed by atoms with Crippen LogP contribution >= 0.6 is 0 Å². The number of hydrogen-bond acceptors (Lipinski definition) is 2. The standard InChI is InChI=1S/C20H17FN2O/c1-14(15-5-3-2-4-6-15)23-20(24)17-7-8-18(19(21)13-17)16-9-11-22-12-10-16/h2-14H,1H3,(H,23,24)/t14-/m0/s1. The van der Waals surface area contributed by atoms with Crippen molar-refractivity contribution < 1.29 is 9.18 Å². The highest BCUT2D eigenvalue weighted by Crippen LogP contribution is 2.23. The van der Waals surface area contributed by atoms with E-state index in [0.717, 1.165) is 11.1 Å². The fraction of sp³-hybridized carbons (Fsp3) is 0.100. The van der Waals surface area contributed by atoms with E-state index in [4.69, 9.17) is 0 Å². The van der Waals surface area contributed by atoms with Crippen LogP contribution < -0.4 is 5.32 Å². The monoisotopic (exact) mass is 320 g/mol. The molecule has 0 radical (unpaired) electrons. The number of nitrogens with one attached hydrogen (secondary N) is 1. The van der Waals surface area contributed by atoms with E-state index in [-0.39, 0.29) is 11.9 Å².